The molecular weight excluding hydrogens is 331 g/mol. The van der Waals surface area contributed by atoms with Gasteiger partial charge in [0.1, 0.15) is 11.3 Å². The third kappa shape index (κ3) is 3.27. The lowest BCUT2D eigenvalue weighted by atomic mass is 10.1. The summed E-state index contributed by atoms with van der Waals surface area (Å²) >= 11 is -1.67. The van der Waals surface area contributed by atoms with Crippen LogP contribution in [0.3, 0.4) is 0 Å². The molecule has 0 fully saturated rings. The fourth-order valence-corrected chi connectivity index (χ4v) is 3.01. The van der Waals surface area contributed by atoms with Gasteiger partial charge in [0.05, 0.1) is 16.7 Å². The van der Waals surface area contributed by atoms with E-state index in [1.807, 2.05) is 0 Å². The Hall–Kier alpha value is -2.19. The molecule has 1 N–H and O–H groups in total. The summed E-state index contributed by atoms with van der Waals surface area (Å²) in [4.78, 5) is 4.02. The second-order valence-corrected chi connectivity index (χ2v) is 6.12. The van der Waals surface area contributed by atoms with Gasteiger partial charge < -0.3 is 14.1 Å². The summed E-state index contributed by atoms with van der Waals surface area (Å²) in [5.41, 5.74) is 0.186. The molecule has 0 amide bonds. The summed E-state index contributed by atoms with van der Waals surface area (Å²) in [7, 11) is 0. The second-order valence-electron chi connectivity index (χ2n) is 4.79. The minimum atomic E-state index is -4.41. The van der Waals surface area contributed by atoms with Crippen molar-refractivity contribution >= 4 is 22.3 Å². The molecular formula is C15H10F3NO3S. The number of oxazole rings is 1. The Labute approximate surface area is 131 Å². The Balaban J connectivity index is 1.80. The molecule has 0 bridgehead atoms. The Kier molecular flexibility index (Phi) is 3.95. The van der Waals surface area contributed by atoms with Crippen LogP contribution in [0.1, 0.15) is 11.1 Å². The fraction of sp³-hybridized carbons (Fsp3) is 0.133. The molecule has 1 unspecified atom stereocenters. The number of aromatic nitrogens is 1. The van der Waals surface area contributed by atoms with Gasteiger partial charge in [-0.1, -0.05) is 18.2 Å². The van der Waals surface area contributed by atoms with Crippen molar-refractivity contribution in [1.29, 1.82) is 0 Å². The summed E-state index contributed by atoms with van der Waals surface area (Å²) < 4.78 is 55.0. The summed E-state index contributed by atoms with van der Waals surface area (Å²) in [6.07, 6.45) is -4.41. The van der Waals surface area contributed by atoms with E-state index in [4.69, 9.17) is 4.42 Å². The van der Waals surface area contributed by atoms with E-state index in [1.165, 1.54) is 18.2 Å². The van der Waals surface area contributed by atoms with Gasteiger partial charge in [0.2, 0.25) is 5.58 Å². The molecule has 0 aliphatic carbocycles. The van der Waals surface area contributed by atoms with Gasteiger partial charge in [-0.05, 0) is 24.3 Å². The fourth-order valence-electron chi connectivity index (χ4n) is 2.01. The number of phenolic OH excluding ortho intramolecular Hbond substituents is 1. The molecule has 1 atom stereocenters. The summed E-state index contributed by atoms with van der Waals surface area (Å²) in [5, 5.41) is 9.54. The Bertz CT molecular complexity index is 830. The summed E-state index contributed by atoms with van der Waals surface area (Å²) in [5.74, 6) is -0.154. The van der Waals surface area contributed by atoms with Crippen molar-refractivity contribution in [2.75, 3.05) is 0 Å². The third-order valence-corrected chi connectivity index (χ3v) is 4.31. The summed E-state index contributed by atoms with van der Waals surface area (Å²) in [6.45, 7) is 0. The minimum absolute atomic E-state index is 0.0360. The molecule has 120 valence electrons. The number of fused-ring (bicyclic) bond motifs is 1. The largest absolute Gasteiger partial charge is 0.607 e. The SMILES string of the molecule is [O-][S+](Cc1ccc(C(F)(F)F)cc1)c1nc2cccc(O)c2o1. The number of aromatic hydroxyl groups is 1. The molecule has 1 aromatic heterocycles. The van der Waals surface area contributed by atoms with Gasteiger partial charge in [-0.3, -0.25) is 0 Å². The van der Waals surface area contributed by atoms with Crippen LogP contribution in [0.2, 0.25) is 0 Å². The maximum absolute atomic E-state index is 12.5. The third-order valence-electron chi connectivity index (χ3n) is 3.15. The number of hydrogen-bond acceptors (Lipinski definition) is 4. The number of para-hydroxylation sites is 1. The van der Waals surface area contributed by atoms with E-state index < -0.39 is 22.9 Å². The van der Waals surface area contributed by atoms with Gasteiger partial charge in [-0.15, -0.1) is 0 Å². The Morgan fingerprint density at radius 3 is 2.43 bits per heavy atom. The summed E-state index contributed by atoms with van der Waals surface area (Å²) in [6, 6.07) is 8.98. The van der Waals surface area contributed by atoms with Crippen LogP contribution in [0.4, 0.5) is 13.2 Å². The zero-order valence-corrected chi connectivity index (χ0v) is 12.3. The van der Waals surface area contributed by atoms with Gasteiger partial charge in [-0.25, -0.2) is 0 Å². The average molecular weight is 341 g/mol. The van der Waals surface area contributed by atoms with Crippen molar-refractivity contribution in [3.8, 4) is 5.75 Å². The molecule has 0 aliphatic heterocycles. The van der Waals surface area contributed by atoms with Crippen molar-refractivity contribution in [3.05, 3.63) is 53.6 Å². The van der Waals surface area contributed by atoms with E-state index in [0.29, 0.717) is 11.1 Å². The van der Waals surface area contributed by atoms with Gasteiger partial charge in [0, 0.05) is 5.56 Å². The number of benzene rings is 2. The van der Waals surface area contributed by atoms with Crippen LogP contribution in [0, 0.1) is 0 Å². The van der Waals surface area contributed by atoms with Crippen LogP contribution in [0.5, 0.6) is 5.75 Å². The van der Waals surface area contributed by atoms with Crippen LogP contribution in [0.15, 0.2) is 52.1 Å². The minimum Gasteiger partial charge on any atom is -0.607 e. The van der Waals surface area contributed by atoms with Crippen molar-refractivity contribution in [3.63, 3.8) is 0 Å². The molecule has 8 heteroatoms. The number of nitrogens with zero attached hydrogens (tertiary/aromatic N) is 1. The van der Waals surface area contributed by atoms with Crippen LogP contribution >= 0.6 is 0 Å². The molecule has 0 aliphatic rings. The van der Waals surface area contributed by atoms with Crippen molar-refractivity contribution in [2.45, 2.75) is 17.2 Å². The molecule has 23 heavy (non-hydrogen) atoms. The van der Waals surface area contributed by atoms with Crippen LogP contribution in [-0.2, 0) is 23.1 Å². The highest BCUT2D eigenvalue weighted by Crippen LogP contribution is 2.30. The molecule has 1 heterocycles. The highest BCUT2D eigenvalue weighted by atomic mass is 32.2. The number of rotatable bonds is 3. The lowest BCUT2D eigenvalue weighted by Gasteiger charge is -2.08. The smallest absolute Gasteiger partial charge is 0.416 e. The van der Waals surface area contributed by atoms with Gasteiger partial charge in [0.15, 0.2) is 5.75 Å². The zero-order chi connectivity index (χ0) is 16.6. The van der Waals surface area contributed by atoms with Crippen LogP contribution < -0.4 is 0 Å². The lowest BCUT2D eigenvalue weighted by Crippen LogP contribution is -2.07. The first-order chi connectivity index (χ1) is 10.8. The van der Waals surface area contributed by atoms with Crippen molar-refractivity contribution < 1.29 is 27.2 Å². The number of phenols is 1. The standard InChI is InChI=1S/C15H10F3NO3S/c16-15(17,18)10-6-4-9(5-7-10)8-23(21)14-19-11-2-1-3-12(20)13(11)22-14/h1-7,20H,8H2. The van der Waals surface area contributed by atoms with Gasteiger partial charge in [0.25, 0.3) is 0 Å². The molecule has 0 saturated heterocycles. The first kappa shape index (κ1) is 15.7. The van der Waals surface area contributed by atoms with Crippen molar-refractivity contribution in [2.24, 2.45) is 0 Å². The predicted octanol–water partition coefficient (Wildman–Crippen LogP) is 3.86. The Morgan fingerprint density at radius 1 is 1.13 bits per heavy atom. The van der Waals surface area contributed by atoms with E-state index in [-0.39, 0.29) is 22.3 Å². The van der Waals surface area contributed by atoms with E-state index in [2.05, 4.69) is 4.98 Å². The monoisotopic (exact) mass is 341 g/mol. The lowest BCUT2D eigenvalue weighted by molar-refractivity contribution is -0.137. The second kappa shape index (κ2) is 5.78. The molecule has 0 saturated carbocycles. The highest BCUT2D eigenvalue weighted by molar-refractivity contribution is 7.90. The van der Waals surface area contributed by atoms with Gasteiger partial charge in [-0.2, -0.15) is 18.2 Å². The molecule has 3 rings (SSSR count). The number of halogens is 3. The normalized spacial score (nSPS) is 13.4. The molecule has 0 radical (unpaired) electrons. The first-order valence-corrected chi connectivity index (χ1v) is 7.79. The topological polar surface area (TPSA) is 69.3 Å². The Morgan fingerprint density at radius 2 is 1.83 bits per heavy atom. The maximum Gasteiger partial charge on any atom is 0.416 e. The highest BCUT2D eigenvalue weighted by Gasteiger charge is 2.30. The van der Waals surface area contributed by atoms with E-state index in [9.17, 15) is 22.8 Å². The van der Waals surface area contributed by atoms with Crippen LogP contribution in [-0.4, -0.2) is 14.6 Å². The van der Waals surface area contributed by atoms with Crippen molar-refractivity contribution in [1.82, 2.24) is 4.98 Å². The van der Waals surface area contributed by atoms with Crippen LogP contribution in [0.25, 0.3) is 11.1 Å². The van der Waals surface area contributed by atoms with E-state index in [1.54, 1.807) is 12.1 Å². The molecule has 2 aromatic carbocycles. The first-order valence-electron chi connectivity index (χ1n) is 6.47. The average Bonchev–Trinajstić information content (AvgIpc) is 2.92. The van der Waals surface area contributed by atoms with E-state index in [0.717, 1.165) is 12.1 Å². The van der Waals surface area contributed by atoms with E-state index >= 15 is 0 Å². The molecule has 3 aromatic rings. The predicted molar refractivity (Wildman–Crippen MR) is 77.2 cm³/mol. The number of alkyl halides is 3. The van der Waals surface area contributed by atoms with Gasteiger partial charge >= 0.3 is 11.4 Å². The number of hydrogen-bond donors (Lipinski definition) is 1. The maximum atomic E-state index is 12.5. The molecule has 0 spiro atoms. The molecule has 4 nitrogen and oxygen atoms in total. The zero-order valence-electron chi connectivity index (χ0n) is 11.5. The quantitative estimate of drug-likeness (QED) is 0.735.